The van der Waals surface area contributed by atoms with Crippen LogP contribution in [0.3, 0.4) is 0 Å². The van der Waals surface area contributed by atoms with Gasteiger partial charge in [-0.15, -0.1) is 11.3 Å². The van der Waals surface area contributed by atoms with Crippen molar-refractivity contribution in [3.63, 3.8) is 0 Å². The predicted molar refractivity (Wildman–Crippen MR) is 85.0 cm³/mol. The molecule has 2 heterocycles. The minimum atomic E-state index is 0.396. The summed E-state index contributed by atoms with van der Waals surface area (Å²) in [6, 6.07) is 9.17. The van der Waals surface area contributed by atoms with Gasteiger partial charge in [-0.2, -0.15) is 0 Å². The van der Waals surface area contributed by atoms with Gasteiger partial charge in [0.2, 0.25) is 0 Å². The zero-order chi connectivity index (χ0) is 13.8. The molecule has 3 nitrogen and oxygen atoms in total. The van der Waals surface area contributed by atoms with E-state index < -0.39 is 0 Å². The lowest BCUT2D eigenvalue weighted by atomic mass is 10.0. The normalized spacial score (nSPS) is 17.4. The number of rotatable bonds is 5. The highest BCUT2D eigenvalue weighted by Gasteiger charge is 2.18. The molecule has 1 fully saturated rings. The average Bonchev–Trinajstić information content (AvgIpc) is 3.18. The van der Waals surface area contributed by atoms with E-state index in [1.54, 1.807) is 11.3 Å². The second-order valence-electron chi connectivity index (χ2n) is 5.31. The first-order valence-electron chi connectivity index (χ1n) is 7.26. The van der Waals surface area contributed by atoms with Gasteiger partial charge >= 0.3 is 0 Å². The molecule has 1 aliphatic rings. The van der Waals surface area contributed by atoms with Gasteiger partial charge in [0.15, 0.2) is 0 Å². The molecule has 20 heavy (non-hydrogen) atoms. The summed E-state index contributed by atoms with van der Waals surface area (Å²) in [5, 5.41) is 6.59. The molecule has 1 aromatic carbocycles. The third-order valence-corrected chi connectivity index (χ3v) is 4.78. The van der Waals surface area contributed by atoms with Crippen molar-refractivity contribution in [1.82, 2.24) is 15.2 Å². The summed E-state index contributed by atoms with van der Waals surface area (Å²) >= 11 is 1.70. The summed E-state index contributed by atoms with van der Waals surface area (Å²) in [5.74, 6) is 0. The van der Waals surface area contributed by atoms with E-state index in [-0.39, 0.29) is 0 Å². The minimum Gasteiger partial charge on any atom is -0.312 e. The van der Waals surface area contributed by atoms with E-state index >= 15 is 0 Å². The van der Waals surface area contributed by atoms with E-state index in [4.69, 9.17) is 0 Å². The van der Waals surface area contributed by atoms with Crippen molar-refractivity contribution < 1.29 is 0 Å². The van der Waals surface area contributed by atoms with Gasteiger partial charge in [-0.3, -0.25) is 0 Å². The first-order chi connectivity index (χ1) is 9.86. The van der Waals surface area contributed by atoms with E-state index in [0.29, 0.717) is 6.04 Å². The van der Waals surface area contributed by atoms with Crippen LogP contribution >= 0.6 is 11.3 Å². The highest BCUT2D eigenvalue weighted by Crippen LogP contribution is 2.25. The molecule has 1 aromatic heterocycles. The number of nitrogens with zero attached hydrogens (tertiary/aromatic N) is 2. The zero-order valence-corrected chi connectivity index (χ0v) is 12.7. The summed E-state index contributed by atoms with van der Waals surface area (Å²) in [7, 11) is 2.05. The molecule has 0 unspecified atom stereocenters. The molecule has 1 saturated heterocycles. The van der Waals surface area contributed by atoms with Crippen LogP contribution in [0.2, 0.25) is 0 Å². The van der Waals surface area contributed by atoms with E-state index in [1.807, 2.05) is 11.6 Å². The number of hydrogen-bond acceptors (Lipinski definition) is 4. The molecule has 4 heteroatoms. The Morgan fingerprint density at radius 2 is 2.20 bits per heavy atom. The maximum Gasteiger partial charge on any atom is 0.123 e. The van der Waals surface area contributed by atoms with Crippen molar-refractivity contribution >= 4 is 11.3 Å². The Morgan fingerprint density at radius 1 is 1.35 bits per heavy atom. The number of likely N-dealkylation sites (N-methyl/N-ethyl adjacent to an activating group) is 1. The maximum absolute atomic E-state index is 4.40. The van der Waals surface area contributed by atoms with Gasteiger partial charge < -0.3 is 10.2 Å². The van der Waals surface area contributed by atoms with Gasteiger partial charge in [-0.25, -0.2) is 4.98 Å². The smallest absolute Gasteiger partial charge is 0.123 e. The van der Waals surface area contributed by atoms with E-state index in [9.17, 15) is 0 Å². The number of likely N-dealkylation sites (tertiary alicyclic amines) is 1. The number of aromatic nitrogens is 1. The zero-order valence-electron chi connectivity index (χ0n) is 11.9. The highest BCUT2D eigenvalue weighted by molar-refractivity contribution is 7.13. The first-order valence-corrected chi connectivity index (χ1v) is 8.14. The molecule has 0 aliphatic carbocycles. The largest absolute Gasteiger partial charge is 0.312 e. The lowest BCUT2D eigenvalue weighted by Crippen LogP contribution is -2.31. The number of thiazole rings is 1. The van der Waals surface area contributed by atoms with Gasteiger partial charge in [0.25, 0.3) is 0 Å². The van der Waals surface area contributed by atoms with Crippen molar-refractivity contribution in [2.45, 2.75) is 18.9 Å². The summed E-state index contributed by atoms with van der Waals surface area (Å²) in [5.41, 5.74) is 2.58. The summed E-state index contributed by atoms with van der Waals surface area (Å²) < 4.78 is 0. The van der Waals surface area contributed by atoms with Crippen LogP contribution in [-0.4, -0.2) is 36.6 Å². The fourth-order valence-corrected chi connectivity index (χ4v) is 3.48. The van der Waals surface area contributed by atoms with Crippen LogP contribution in [0.4, 0.5) is 0 Å². The molecule has 0 bridgehead atoms. The summed E-state index contributed by atoms with van der Waals surface area (Å²) in [4.78, 5) is 6.96. The monoisotopic (exact) mass is 287 g/mol. The van der Waals surface area contributed by atoms with Gasteiger partial charge in [0, 0.05) is 29.7 Å². The van der Waals surface area contributed by atoms with E-state index in [0.717, 1.165) is 11.6 Å². The molecular weight excluding hydrogens is 266 g/mol. The number of hydrogen-bond donors (Lipinski definition) is 1. The van der Waals surface area contributed by atoms with E-state index in [1.165, 1.54) is 37.1 Å². The van der Waals surface area contributed by atoms with Gasteiger partial charge in [-0.05, 0) is 44.6 Å². The lowest BCUT2D eigenvalue weighted by Gasteiger charge is -2.23. The SMILES string of the molecule is CN[C@H](CN1CCCC1)c1cccc(-c2nccs2)c1. The van der Waals surface area contributed by atoms with Crippen LogP contribution in [0.25, 0.3) is 10.6 Å². The van der Waals surface area contributed by atoms with Crippen LogP contribution in [0.1, 0.15) is 24.4 Å². The molecule has 0 saturated carbocycles. The predicted octanol–water partition coefficient (Wildman–Crippen LogP) is 3.17. The second kappa shape index (κ2) is 6.48. The molecule has 1 atom stereocenters. The average molecular weight is 287 g/mol. The molecular formula is C16H21N3S. The van der Waals surface area contributed by atoms with Crippen LogP contribution < -0.4 is 5.32 Å². The lowest BCUT2D eigenvalue weighted by molar-refractivity contribution is 0.299. The van der Waals surface area contributed by atoms with E-state index in [2.05, 4.69) is 46.5 Å². The van der Waals surface area contributed by atoms with Crippen molar-refractivity contribution in [3.05, 3.63) is 41.4 Å². The number of nitrogens with one attached hydrogen (secondary N) is 1. The molecule has 3 rings (SSSR count). The fourth-order valence-electron chi connectivity index (χ4n) is 2.84. The number of benzene rings is 1. The molecule has 1 aliphatic heterocycles. The Balaban J connectivity index is 1.78. The van der Waals surface area contributed by atoms with Crippen molar-refractivity contribution in [1.29, 1.82) is 0 Å². The molecule has 0 amide bonds. The standard InChI is InChI=1S/C16H21N3S/c1-17-15(12-19-8-2-3-9-19)13-5-4-6-14(11-13)16-18-7-10-20-16/h4-7,10-11,15,17H,2-3,8-9,12H2,1H3/t15-/m1/s1. The minimum absolute atomic E-state index is 0.396. The van der Waals surface area contributed by atoms with Crippen LogP contribution in [0, 0.1) is 0 Å². The molecule has 0 radical (unpaired) electrons. The third kappa shape index (κ3) is 3.08. The molecule has 0 spiro atoms. The van der Waals surface area contributed by atoms with Crippen LogP contribution in [0.15, 0.2) is 35.8 Å². The summed E-state index contributed by atoms with van der Waals surface area (Å²) in [6.07, 6.45) is 4.55. The van der Waals surface area contributed by atoms with Crippen LogP contribution in [-0.2, 0) is 0 Å². The van der Waals surface area contributed by atoms with Crippen molar-refractivity contribution in [2.75, 3.05) is 26.7 Å². The highest BCUT2D eigenvalue weighted by atomic mass is 32.1. The topological polar surface area (TPSA) is 28.2 Å². The fraction of sp³-hybridized carbons (Fsp3) is 0.438. The summed E-state index contributed by atoms with van der Waals surface area (Å²) in [6.45, 7) is 3.58. The molecule has 2 aromatic rings. The maximum atomic E-state index is 4.40. The molecule has 1 N–H and O–H groups in total. The quantitative estimate of drug-likeness (QED) is 0.915. The van der Waals surface area contributed by atoms with Gasteiger partial charge in [0.1, 0.15) is 5.01 Å². The Labute approximate surface area is 124 Å². The Kier molecular flexibility index (Phi) is 4.45. The Bertz CT molecular complexity index is 532. The van der Waals surface area contributed by atoms with Gasteiger partial charge in [0.05, 0.1) is 0 Å². The van der Waals surface area contributed by atoms with Crippen LogP contribution in [0.5, 0.6) is 0 Å². The Hall–Kier alpha value is -1.23. The first kappa shape index (κ1) is 13.7. The molecule has 106 valence electrons. The van der Waals surface area contributed by atoms with Gasteiger partial charge in [-0.1, -0.05) is 18.2 Å². The second-order valence-corrected chi connectivity index (χ2v) is 6.21. The Morgan fingerprint density at radius 3 is 2.90 bits per heavy atom. The third-order valence-electron chi connectivity index (χ3n) is 3.96. The van der Waals surface area contributed by atoms with Crippen molar-refractivity contribution in [3.8, 4) is 10.6 Å². The van der Waals surface area contributed by atoms with Crippen molar-refractivity contribution in [2.24, 2.45) is 0 Å².